The van der Waals surface area contributed by atoms with Crippen LogP contribution in [0.15, 0.2) is 18.2 Å². The third-order valence-corrected chi connectivity index (χ3v) is 2.33. The van der Waals surface area contributed by atoms with Crippen LogP contribution in [-0.2, 0) is 19.3 Å². The number of rotatable bonds is 3. The highest BCUT2D eigenvalue weighted by Gasteiger charge is 1.98. The average molecular weight is 161 g/mol. The van der Waals surface area contributed by atoms with Crippen molar-refractivity contribution in [1.29, 1.82) is 0 Å². The van der Waals surface area contributed by atoms with E-state index in [-0.39, 0.29) is 0 Å². The fraction of sp³-hybridized carbons (Fsp3) is 0.417. The molecule has 0 atom stereocenters. The molecule has 1 rings (SSSR count). The van der Waals surface area contributed by atoms with Gasteiger partial charge in [-0.15, -0.1) is 0 Å². The SMILES string of the molecule is [CH2]Cc1ccc(CC)cc1CC. The van der Waals surface area contributed by atoms with E-state index in [0.29, 0.717) is 0 Å². The molecule has 12 heavy (non-hydrogen) atoms. The van der Waals surface area contributed by atoms with Crippen molar-refractivity contribution in [1.82, 2.24) is 0 Å². The molecule has 0 fully saturated rings. The Labute approximate surface area is 75.6 Å². The zero-order chi connectivity index (χ0) is 8.97. The van der Waals surface area contributed by atoms with Gasteiger partial charge in [-0.2, -0.15) is 0 Å². The van der Waals surface area contributed by atoms with Gasteiger partial charge < -0.3 is 0 Å². The van der Waals surface area contributed by atoms with Crippen molar-refractivity contribution >= 4 is 0 Å². The van der Waals surface area contributed by atoms with Crippen molar-refractivity contribution in [2.24, 2.45) is 0 Å². The van der Waals surface area contributed by atoms with E-state index in [1.807, 2.05) is 0 Å². The normalized spacial score (nSPS) is 10.2. The van der Waals surface area contributed by atoms with E-state index in [4.69, 9.17) is 0 Å². The minimum atomic E-state index is 0.910. The van der Waals surface area contributed by atoms with Gasteiger partial charge in [0.25, 0.3) is 0 Å². The van der Waals surface area contributed by atoms with E-state index in [0.717, 1.165) is 19.3 Å². The number of benzene rings is 1. The molecule has 0 aromatic heterocycles. The number of hydrogen-bond donors (Lipinski definition) is 0. The molecule has 65 valence electrons. The van der Waals surface area contributed by atoms with Gasteiger partial charge in [-0.1, -0.05) is 32.0 Å². The van der Waals surface area contributed by atoms with Gasteiger partial charge in [-0.3, -0.25) is 0 Å². The van der Waals surface area contributed by atoms with E-state index in [2.05, 4.69) is 39.0 Å². The number of aryl methyl sites for hydroxylation is 2. The first-order valence-corrected chi connectivity index (χ1v) is 4.71. The summed E-state index contributed by atoms with van der Waals surface area (Å²) < 4.78 is 0. The standard InChI is InChI=1S/C12H17/c1-4-10-7-8-11(5-2)12(6-3)9-10/h7-9H,2,4-6H2,1,3H3. The molecule has 0 aliphatic rings. The molecule has 0 amide bonds. The van der Waals surface area contributed by atoms with Gasteiger partial charge in [0.05, 0.1) is 0 Å². The minimum absolute atomic E-state index is 0.910. The van der Waals surface area contributed by atoms with Gasteiger partial charge in [-0.05, 0) is 42.9 Å². The molecule has 0 saturated heterocycles. The van der Waals surface area contributed by atoms with Crippen molar-refractivity contribution < 1.29 is 0 Å². The predicted octanol–water partition coefficient (Wildman–Crippen LogP) is 3.19. The van der Waals surface area contributed by atoms with Crippen LogP contribution in [0, 0.1) is 6.92 Å². The minimum Gasteiger partial charge on any atom is -0.0613 e. The van der Waals surface area contributed by atoms with Gasteiger partial charge >= 0.3 is 0 Å². The van der Waals surface area contributed by atoms with Crippen molar-refractivity contribution in [3.8, 4) is 0 Å². The second kappa shape index (κ2) is 4.30. The number of hydrogen-bond acceptors (Lipinski definition) is 0. The maximum atomic E-state index is 3.92. The molecule has 0 saturated carbocycles. The van der Waals surface area contributed by atoms with Crippen molar-refractivity contribution in [2.45, 2.75) is 33.1 Å². The van der Waals surface area contributed by atoms with Crippen LogP contribution >= 0.6 is 0 Å². The summed E-state index contributed by atoms with van der Waals surface area (Å²) in [5.74, 6) is 0. The smallest absolute Gasteiger partial charge is 0.0276 e. The van der Waals surface area contributed by atoms with Gasteiger partial charge in [-0.25, -0.2) is 0 Å². The van der Waals surface area contributed by atoms with Crippen LogP contribution in [0.5, 0.6) is 0 Å². The fourth-order valence-electron chi connectivity index (χ4n) is 1.47. The Balaban J connectivity index is 3.02. The van der Waals surface area contributed by atoms with Crippen LogP contribution in [0.25, 0.3) is 0 Å². The Kier molecular flexibility index (Phi) is 3.33. The molecule has 1 radical (unpaired) electrons. The lowest BCUT2D eigenvalue weighted by atomic mass is 9.99. The molecule has 0 spiro atoms. The Morgan fingerprint density at radius 3 is 2.33 bits per heavy atom. The van der Waals surface area contributed by atoms with Crippen LogP contribution in [0.1, 0.15) is 30.5 Å². The van der Waals surface area contributed by atoms with E-state index >= 15 is 0 Å². The second-order valence-electron chi connectivity index (χ2n) is 3.06. The maximum Gasteiger partial charge on any atom is -0.0276 e. The molecule has 0 nitrogen and oxygen atoms in total. The van der Waals surface area contributed by atoms with Gasteiger partial charge in [0, 0.05) is 0 Å². The molecule has 0 unspecified atom stereocenters. The monoisotopic (exact) mass is 161 g/mol. The first kappa shape index (κ1) is 9.31. The van der Waals surface area contributed by atoms with E-state index in [1.54, 1.807) is 0 Å². The van der Waals surface area contributed by atoms with Gasteiger partial charge in [0.1, 0.15) is 0 Å². The third-order valence-electron chi connectivity index (χ3n) is 2.33. The Bertz CT molecular complexity index is 248. The average Bonchev–Trinajstić information content (AvgIpc) is 2.16. The molecule has 1 aromatic carbocycles. The van der Waals surface area contributed by atoms with Crippen LogP contribution < -0.4 is 0 Å². The van der Waals surface area contributed by atoms with Crippen LogP contribution in [0.2, 0.25) is 0 Å². The Morgan fingerprint density at radius 1 is 1.08 bits per heavy atom. The van der Waals surface area contributed by atoms with Crippen LogP contribution in [0.3, 0.4) is 0 Å². The van der Waals surface area contributed by atoms with Gasteiger partial charge in [0.15, 0.2) is 0 Å². The summed E-state index contributed by atoms with van der Waals surface area (Å²) in [6.07, 6.45) is 3.16. The van der Waals surface area contributed by atoms with E-state index < -0.39 is 0 Å². The predicted molar refractivity (Wildman–Crippen MR) is 54.3 cm³/mol. The summed E-state index contributed by atoms with van der Waals surface area (Å²) in [7, 11) is 0. The molecule has 0 aliphatic carbocycles. The quantitative estimate of drug-likeness (QED) is 0.638. The third kappa shape index (κ3) is 1.88. The highest BCUT2D eigenvalue weighted by molar-refractivity contribution is 5.32. The summed E-state index contributed by atoms with van der Waals surface area (Å²) >= 11 is 0. The van der Waals surface area contributed by atoms with Crippen molar-refractivity contribution in [3.05, 3.63) is 41.8 Å². The first-order chi connectivity index (χ1) is 5.81. The topological polar surface area (TPSA) is 0 Å². The van der Waals surface area contributed by atoms with Crippen LogP contribution in [0.4, 0.5) is 0 Å². The Morgan fingerprint density at radius 2 is 1.83 bits per heavy atom. The second-order valence-corrected chi connectivity index (χ2v) is 3.06. The largest absolute Gasteiger partial charge is 0.0613 e. The summed E-state index contributed by atoms with van der Waals surface area (Å²) in [4.78, 5) is 0. The highest BCUT2D eigenvalue weighted by Crippen LogP contribution is 2.13. The molecule has 1 aromatic rings. The van der Waals surface area contributed by atoms with Crippen molar-refractivity contribution in [2.75, 3.05) is 0 Å². The van der Waals surface area contributed by atoms with Crippen LogP contribution in [-0.4, -0.2) is 0 Å². The van der Waals surface area contributed by atoms with E-state index in [1.165, 1.54) is 16.7 Å². The van der Waals surface area contributed by atoms with Crippen molar-refractivity contribution in [3.63, 3.8) is 0 Å². The molecule has 0 heterocycles. The molecule has 0 N–H and O–H groups in total. The van der Waals surface area contributed by atoms with Gasteiger partial charge in [0.2, 0.25) is 0 Å². The molecular formula is C12H17. The molecular weight excluding hydrogens is 144 g/mol. The summed E-state index contributed by atoms with van der Waals surface area (Å²) in [6.45, 7) is 8.32. The van der Waals surface area contributed by atoms with E-state index in [9.17, 15) is 0 Å². The highest BCUT2D eigenvalue weighted by atomic mass is 14.0. The molecule has 0 aliphatic heterocycles. The summed E-state index contributed by atoms with van der Waals surface area (Å²) in [6, 6.07) is 6.73. The lowest BCUT2D eigenvalue weighted by Gasteiger charge is -2.07. The maximum absolute atomic E-state index is 3.92. The molecule has 0 bridgehead atoms. The lowest BCUT2D eigenvalue weighted by molar-refractivity contribution is 1.04. The Hall–Kier alpha value is -0.780. The summed E-state index contributed by atoms with van der Waals surface area (Å²) in [5, 5.41) is 0. The molecule has 0 heteroatoms. The zero-order valence-corrected chi connectivity index (χ0v) is 8.06. The summed E-state index contributed by atoms with van der Waals surface area (Å²) in [5.41, 5.74) is 4.29. The first-order valence-electron chi connectivity index (χ1n) is 4.71. The lowest BCUT2D eigenvalue weighted by Crippen LogP contribution is -1.92. The zero-order valence-electron chi connectivity index (χ0n) is 8.06. The fourth-order valence-corrected chi connectivity index (χ4v) is 1.47.